The molecule has 2 aromatic rings. The summed E-state index contributed by atoms with van der Waals surface area (Å²) < 4.78 is 1.76. The minimum Gasteiger partial charge on any atom is -0.350 e. The monoisotopic (exact) mass is 427 g/mol. The predicted molar refractivity (Wildman–Crippen MR) is 125 cm³/mol. The number of hydrogen-bond acceptors (Lipinski definition) is 4. The molecule has 1 N–H and O–H groups in total. The number of fused-ring (bicyclic) bond motifs is 1. The summed E-state index contributed by atoms with van der Waals surface area (Å²) in [5, 5.41) is 4.00. The topological polar surface area (TPSA) is 64.0 Å². The first kappa shape index (κ1) is 22.6. The van der Waals surface area contributed by atoms with E-state index in [-0.39, 0.29) is 22.3 Å². The van der Waals surface area contributed by atoms with Crippen LogP contribution in [0, 0.1) is 0 Å². The zero-order valence-electron chi connectivity index (χ0n) is 18.5. The lowest BCUT2D eigenvalue weighted by Gasteiger charge is -2.26. The van der Waals surface area contributed by atoms with Crippen LogP contribution in [-0.4, -0.2) is 26.2 Å². The maximum absolute atomic E-state index is 13.2. The molecular weight excluding hydrogens is 394 g/mol. The van der Waals surface area contributed by atoms with Crippen molar-refractivity contribution in [2.75, 3.05) is 0 Å². The molecule has 1 aromatic carbocycles. The summed E-state index contributed by atoms with van der Waals surface area (Å²) in [6.07, 6.45) is 8.75. The number of thioether (sulfide) groups is 1. The number of para-hydroxylation sites is 1. The van der Waals surface area contributed by atoms with Crippen LogP contribution in [0.15, 0.2) is 45.9 Å². The Morgan fingerprint density at radius 2 is 2.07 bits per heavy atom. The number of carbonyl (C=O) groups is 1. The molecule has 1 atom stereocenters. The average molecular weight is 428 g/mol. The average Bonchev–Trinajstić information content (AvgIpc) is 2.74. The van der Waals surface area contributed by atoms with Gasteiger partial charge in [-0.15, -0.1) is 0 Å². The molecule has 0 bridgehead atoms. The predicted octanol–water partition coefficient (Wildman–Crippen LogP) is 5.07. The van der Waals surface area contributed by atoms with Gasteiger partial charge in [0.2, 0.25) is 5.91 Å². The molecule has 0 saturated heterocycles. The van der Waals surface area contributed by atoms with Crippen LogP contribution in [0.2, 0.25) is 0 Å². The second kappa shape index (κ2) is 9.82. The van der Waals surface area contributed by atoms with E-state index in [2.05, 4.69) is 18.3 Å². The van der Waals surface area contributed by atoms with E-state index >= 15 is 0 Å². The van der Waals surface area contributed by atoms with E-state index in [1.165, 1.54) is 30.2 Å². The lowest BCUT2D eigenvalue weighted by Crippen LogP contribution is -2.46. The zero-order chi connectivity index (χ0) is 21.7. The van der Waals surface area contributed by atoms with E-state index in [9.17, 15) is 9.59 Å². The van der Waals surface area contributed by atoms with Crippen LogP contribution in [0.25, 0.3) is 10.9 Å². The number of nitrogens with zero attached hydrogens (tertiary/aromatic N) is 2. The van der Waals surface area contributed by atoms with Crippen LogP contribution < -0.4 is 10.9 Å². The third-order valence-corrected chi connectivity index (χ3v) is 6.96. The standard InChI is InChI=1S/C24H33N3O2S/c1-5-24(3,4)26-21(28)17(2)30-23-25-20-14-10-9-13-19(20)22(29)27(23)16-15-18-11-7-6-8-12-18/h9-11,13-14,17H,5-8,12,15-16H2,1-4H3,(H,26,28). The summed E-state index contributed by atoms with van der Waals surface area (Å²) in [7, 11) is 0. The third-order valence-electron chi connectivity index (χ3n) is 5.87. The quantitative estimate of drug-likeness (QED) is 0.363. The fraction of sp³-hybridized carbons (Fsp3) is 0.542. The highest BCUT2D eigenvalue weighted by Crippen LogP contribution is 2.25. The van der Waals surface area contributed by atoms with E-state index < -0.39 is 0 Å². The minimum absolute atomic E-state index is 0.0268. The smallest absolute Gasteiger partial charge is 0.262 e. The molecule has 0 spiro atoms. The number of hydrogen-bond donors (Lipinski definition) is 1. The second-order valence-electron chi connectivity index (χ2n) is 8.71. The van der Waals surface area contributed by atoms with E-state index in [0.717, 1.165) is 25.7 Å². The zero-order valence-corrected chi connectivity index (χ0v) is 19.3. The number of carbonyl (C=O) groups excluding carboxylic acids is 1. The summed E-state index contributed by atoms with van der Waals surface area (Å²) in [6, 6.07) is 7.45. The Morgan fingerprint density at radius 3 is 2.77 bits per heavy atom. The normalized spacial score (nSPS) is 15.7. The number of amides is 1. The fourth-order valence-electron chi connectivity index (χ4n) is 3.56. The highest BCUT2D eigenvalue weighted by Gasteiger charge is 2.24. The van der Waals surface area contributed by atoms with Gasteiger partial charge in [-0.05, 0) is 71.4 Å². The lowest BCUT2D eigenvalue weighted by atomic mass is 9.97. The van der Waals surface area contributed by atoms with Crippen LogP contribution in [0.1, 0.15) is 66.2 Å². The number of allylic oxidation sites excluding steroid dienone is 2. The van der Waals surface area contributed by atoms with Gasteiger partial charge in [-0.3, -0.25) is 14.2 Å². The summed E-state index contributed by atoms with van der Waals surface area (Å²) in [4.78, 5) is 30.7. The van der Waals surface area contributed by atoms with E-state index in [0.29, 0.717) is 22.6 Å². The number of benzene rings is 1. The van der Waals surface area contributed by atoms with Crippen molar-refractivity contribution in [2.45, 2.75) is 88.7 Å². The van der Waals surface area contributed by atoms with E-state index in [1.807, 2.05) is 45.0 Å². The highest BCUT2D eigenvalue weighted by atomic mass is 32.2. The van der Waals surface area contributed by atoms with Crippen molar-refractivity contribution in [3.8, 4) is 0 Å². The molecule has 30 heavy (non-hydrogen) atoms. The van der Waals surface area contributed by atoms with Gasteiger partial charge in [-0.25, -0.2) is 4.98 Å². The molecule has 1 amide bonds. The lowest BCUT2D eigenvalue weighted by molar-refractivity contribution is -0.121. The van der Waals surface area contributed by atoms with Gasteiger partial charge in [0.05, 0.1) is 16.2 Å². The second-order valence-corrected chi connectivity index (χ2v) is 10.0. The van der Waals surface area contributed by atoms with Gasteiger partial charge in [0.1, 0.15) is 0 Å². The first-order valence-electron chi connectivity index (χ1n) is 11.0. The van der Waals surface area contributed by atoms with Crippen LogP contribution in [0.4, 0.5) is 0 Å². The molecule has 0 saturated carbocycles. The first-order chi connectivity index (χ1) is 14.3. The van der Waals surface area contributed by atoms with Gasteiger partial charge in [0.15, 0.2) is 5.16 Å². The Kier molecular flexibility index (Phi) is 7.40. The van der Waals surface area contributed by atoms with Gasteiger partial charge in [0, 0.05) is 12.1 Å². The van der Waals surface area contributed by atoms with Crippen molar-refractivity contribution in [3.63, 3.8) is 0 Å². The van der Waals surface area contributed by atoms with Crippen molar-refractivity contribution >= 4 is 28.6 Å². The number of nitrogens with one attached hydrogen (secondary N) is 1. The summed E-state index contributed by atoms with van der Waals surface area (Å²) in [5.74, 6) is -0.0317. The van der Waals surface area contributed by atoms with Gasteiger partial charge in [-0.1, -0.05) is 42.5 Å². The molecule has 1 aliphatic carbocycles. The van der Waals surface area contributed by atoms with Gasteiger partial charge < -0.3 is 5.32 Å². The largest absolute Gasteiger partial charge is 0.350 e. The SMILES string of the molecule is CCC(C)(C)NC(=O)C(C)Sc1nc2ccccc2c(=O)n1CCC1=CCCCC1. The Labute approximate surface area is 183 Å². The van der Waals surface area contributed by atoms with Crippen LogP contribution in [0.5, 0.6) is 0 Å². The van der Waals surface area contributed by atoms with Crippen molar-refractivity contribution in [1.82, 2.24) is 14.9 Å². The maximum atomic E-state index is 13.2. The number of aromatic nitrogens is 2. The molecule has 0 radical (unpaired) electrons. The summed E-state index contributed by atoms with van der Waals surface area (Å²) in [6.45, 7) is 8.57. The molecule has 1 aliphatic rings. The van der Waals surface area contributed by atoms with Crippen LogP contribution in [-0.2, 0) is 11.3 Å². The fourth-order valence-corrected chi connectivity index (χ4v) is 4.49. The first-order valence-corrected chi connectivity index (χ1v) is 11.8. The Morgan fingerprint density at radius 1 is 1.30 bits per heavy atom. The molecule has 162 valence electrons. The molecule has 0 aliphatic heterocycles. The Hall–Kier alpha value is -2.08. The van der Waals surface area contributed by atoms with E-state index in [1.54, 1.807) is 4.57 Å². The highest BCUT2D eigenvalue weighted by molar-refractivity contribution is 8.00. The van der Waals surface area contributed by atoms with Crippen molar-refractivity contribution in [3.05, 3.63) is 46.3 Å². The maximum Gasteiger partial charge on any atom is 0.262 e. The van der Waals surface area contributed by atoms with Gasteiger partial charge in [0.25, 0.3) is 5.56 Å². The molecule has 1 unspecified atom stereocenters. The molecule has 0 fully saturated rings. The minimum atomic E-state index is -0.343. The molecular formula is C24H33N3O2S. The molecule has 6 heteroatoms. The Balaban J connectivity index is 1.88. The number of rotatable bonds is 8. The van der Waals surface area contributed by atoms with Gasteiger partial charge in [-0.2, -0.15) is 0 Å². The van der Waals surface area contributed by atoms with Crippen molar-refractivity contribution in [1.29, 1.82) is 0 Å². The van der Waals surface area contributed by atoms with Crippen molar-refractivity contribution in [2.24, 2.45) is 0 Å². The Bertz CT molecular complexity index is 994. The van der Waals surface area contributed by atoms with Crippen molar-refractivity contribution < 1.29 is 4.79 Å². The molecule has 1 heterocycles. The van der Waals surface area contributed by atoms with Crippen LogP contribution in [0.3, 0.4) is 0 Å². The summed E-state index contributed by atoms with van der Waals surface area (Å²) in [5.41, 5.74) is 1.82. The van der Waals surface area contributed by atoms with E-state index in [4.69, 9.17) is 4.98 Å². The van der Waals surface area contributed by atoms with Crippen LogP contribution >= 0.6 is 11.8 Å². The third kappa shape index (κ3) is 5.54. The van der Waals surface area contributed by atoms with Gasteiger partial charge >= 0.3 is 0 Å². The molecule has 3 rings (SSSR count). The molecule has 1 aromatic heterocycles. The molecule has 5 nitrogen and oxygen atoms in total. The summed E-state index contributed by atoms with van der Waals surface area (Å²) >= 11 is 1.37.